The Morgan fingerprint density at radius 3 is 2.86 bits per heavy atom. The maximum atomic E-state index is 12.2. The average molecular weight is 290 g/mol. The molecule has 1 aromatic rings. The van der Waals surface area contributed by atoms with Crippen LogP contribution in [0.4, 0.5) is 5.69 Å². The van der Waals surface area contributed by atoms with Crippen molar-refractivity contribution in [3.8, 4) is 5.75 Å². The van der Waals surface area contributed by atoms with Crippen LogP contribution in [0.15, 0.2) is 24.3 Å². The minimum Gasteiger partial charge on any atom is -0.481 e. The Morgan fingerprint density at radius 2 is 2.10 bits per heavy atom. The molecule has 0 aromatic heterocycles. The van der Waals surface area contributed by atoms with Crippen molar-refractivity contribution in [2.75, 3.05) is 11.9 Å². The lowest BCUT2D eigenvalue weighted by Crippen LogP contribution is -2.47. The number of ether oxygens (including phenoxy) is 1. The smallest absolute Gasteiger partial charge is 0.306 e. The van der Waals surface area contributed by atoms with Crippen LogP contribution < -0.4 is 15.4 Å². The van der Waals surface area contributed by atoms with Gasteiger partial charge in [-0.15, -0.1) is 0 Å². The summed E-state index contributed by atoms with van der Waals surface area (Å²) in [4.78, 5) is 23.1. The summed E-state index contributed by atoms with van der Waals surface area (Å²) >= 11 is 0. The predicted octanol–water partition coefficient (Wildman–Crippen LogP) is 1.23. The number of carboxylic acid groups (broad SMARTS) is 1. The summed E-state index contributed by atoms with van der Waals surface area (Å²) in [6, 6.07) is 7.41. The highest BCUT2D eigenvalue weighted by Crippen LogP contribution is 2.29. The first-order valence-electron chi connectivity index (χ1n) is 7.16. The number of aliphatic carboxylic acids is 1. The van der Waals surface area contributed by atoms with Crippen LogP contribution >= 0.6 is 0 Å². The predicted molar refractivity (Wildman–Crippen MR) is 76.3 cm³/mol. The molecule has 3 N–H and O–H groups in total. The fraction of sp³-hybridized carbons (Fsp3) is 0.467. The van der Waals surface area contributed by atoms with E-state index in [4.69, 9.17) is 9.84 Å². The third-order valence-electron chi connectivity index (χ3n) is 4.05. The van der Waals surface area contributed by atoms with Gasteiger partial charge in [0.2, 0.25) is 0 Å². The van der Waals surface area contributed by atoms with Gasteiger partial charge < -0.3 is 20.5 Å². The van der Waals surface area contributed by atoms with Crippen molar-refractivity contribution in [2.45, 2.75) is 31.4 Å². The summed E-state index contributed by atoms with van der Waals surface area (Å²) in [5, 5.41) is 15.0. The molecule has 3 rings (SSSR count). The molecule has 1 saturated carbocycles. The van der Waals surface area contributed by atoms with E-state index in [0.29, 0.717) is 31.6 Å². The first-order valence-corrected chi connectivity index (χ1v) is 7.16. The van der Waals surface area contributed by atoms with E-state index in [2.05, 4.69) is 10.6 Å². The van der Waals surface area contributed by atoms with E-state index in [1.165, 1.54) is 0 Å². The van der Waals surface area contributed by atoms with E-state index in [9.17, 15) is 9.59 Å². The Bertz CT molecular complexity index is 560. The average Bonchev–Trinajstić information content (AvgIpc) is 2.95. The molecule has 3 atom stereocenters. The van der Waals surface area contributed by atoms with Crippen LogP contribution in [0.2, 0.25) is 0 Å². The number of hydrogen-bond acceptors (Lipinski definition) is 4. The van der Waals surface area contributed by atoms with E-state index in [1.807, 2.05) is 24.3 Å². The van der Waals surface area contributed by atoms with Gasteiger partial charge in [0.05, 0.1) is 18.2 Å². The molecule has 21 heavy (non-hydrogen) atoms. The number of carboxylic acids is 1. The maximum Gasteiger partial charge on any atom is 0.306 e. The lowest BCUT2D eigenvalue weighted by Gasteiger charge is -2.27. The standard InChI is InChI=1S/C15H18N2O4/c18-14(17-10-6-5-9(7-10)15(19)20)13-8-16-11-3-1-2-4-12(11)21-13/h1-4,9-10,13,16H,5-8H2,(H,17,18)(H,19,20). The van der Waals surface area contributed by atoms with E-state index < -0.39 is 12.1 Å². The Labute approximate surface area is 122 Å². The minimum absolute atomic E-state index is 0.0700. The van der Waals surface area contributed by atoms with Crippen LogP contribution in [0.3, 0.4) is 0 Å². The van der Waals surface area contributed by atoms with E-state index >= 15 is 0 Å². The zero-order valence-electron chi connectivity index (χ0n) is 11.5. The molecule has 0 bridgehead atoms. The zero-order chi connectivity index (χ0) is 14.8. The largest absolute Gasteiger partial charge is 0.481 e. The van der Waals surface area contributed by atoms with Gasteiger partial charge in [0.25, 0.3) is 5.91 Å². The van der Waals surface area contributed by atoms with Gasteiger partial charge in [-0.2, -0.15) is 0 Å². The summed E-state index contributed by atoms with van der Waals surface area (Å²) in [6.45, 7) is 0.415. The minimum atomic E-state index is -0.781. The molecule has 0 radical (unpaired) electrons. The summed E-state index contributed by atoms with van der Waals surface area (Å²) < 4.78 is 5.69. The Morgan fingerprint density at radius 1 is 1.29 bits per heavy atom. The van der Waals surface area contributed by atoms with Crippen LogP contribution in [-0.2, 0) is 9.59 Å². The highest BCUT2D eigenvalue weighted by Gasteiger charge is 2.33. The van der Waals surface area contributed by atoms with Crippen molar-refractivity contribution in [2.24, 2.45) is 5.92 Å². The number of hydrogen-bond donors (Lipinski definition) is 3. The van der Waals surface area contributed by atoms with Crippen LogP contribution in [0.5, 0.6) is 5.75 Å². The number of amides is 1. The van der Waals surface area contributed by atoms with Crippen molar-refractivity contribution in [3.63, 3.8) is 0 Å². The highest BCUT2D eigenvalue weighted by atomic mass is 16.5. The second-order valence-electron chi connectivity index (χ2n) is 5.54. The first kappa shape index (κ1) is 13.7. The van der Waals surface area contributed by atoms with Crippen molar-refractivity contribution in [1.29, 1.82) is 0 Å². The molecular weight excluding hydrogens is 272 g/mol. The molecule has 1 fully saturated rings. The molecule has 0 saturated heterocycles. The molecule has 3 unspecified atom stereocenters. The number of benzene rings is 1. The molecule has 112 valence electrons. The van der Waals surface area contributed by atoms with E-state index in [1.54, 1.807) is 0 Å². The summed E-state index contributed by atoms with van der Waals surface area (Å²) in [6.07, 6.45) is 1.24. The van der Waals surface area contributed by atoms with Crippen LogP contribution in [0.1, 0.15) is 19.3 Å². The van der Waals surface area contributed by atoms with Crippen molar-refractivity contribution < 1.29 is 19.4 Å². The topological polar surface area (TPSA) is 87.7 Å². The molecule has 1 heterocycles. The van der Waals surface area contributed by atoms with Crippen LogP contribution in [0, 0.1) is 5.92 Å². The van der Waals surface area contributed by atoms with Gasteiger partial charge in [0.1, 0.15) is 5.75 Å². The molecule has 1 aromatic carbocycles. The third kappa shape index (κ3) is 2.94. The molecule has 1 amide bonds. The van der Waals surface area contributed by atoms with Crippen LogP contribution in [0.25, 0.3) is 0 Å². The first-order chi connectivity index (χ1) is 10.1. The molecule has 2 aliphatic rings. The van der Waals surface area contributed by atoms with Gasteiger partial charge in [-0.1, -0.05) is 12.1 Å². The highest BCUT2D eigenvalue weighted by molar-refractivity contribution is 5.83. The van der Waals surface area contributed by atoms with Crippen molar-refractivity contribution in [3.05, 3.63) is 24.3 Å². The van der Waals surface area contributed by atoms with Gasteiger partial charge in [0.15, 0.2) is 6.10 Å². The number of anilines is 1. The quantitative estimate of drug-likeness (QED) is 0.779. The normalized spacial score (nSPS) is 27.1. The monoisotopic (exact) mass is 290 g/mol. The number of carbonyl (C=O) groups excluding carboxylic acids is 1. The number of nitrogens with one attached hydrogen (secondary N) is 2. The summed E-state index contributed by atoms with van der Waals surface area (Å²) in [7, 11) is 0. The van der Waals surface area contributed by atoms with Gasteiger partial charge in [-0.25, -0.2) is 0 Å². The lowest BCUT2D eigenvalue weighted by molar-refractivity contribution is -0.141. The molecule has 1 aliphatic heterocycles. The van der Waals surface area contributed by atoms with Gasteiger partial charge in [-0.05, 0) is 31.4 Å². The molecule has 6 heteroatoms. The fourth-order valence-electron chi connectivity index (χ4n) is 2.89. The number of rotatable bonds is 3. The van der Waals surface area contributed by atoms with Gasteiger partial charge in [-0.3, -0.25) is 9.59 Å². The Kier molecular flexibility index (Phi) is 3.68. The van der Waals surface area contributed by atoms with Crippen molar-refractivity contribution >= 4 is 17.6 Å². The van der Waals surface area contributed by atoms with Crippen molar-refractivity contribution in [1.82, 2.24) is 5.32 Å². The molecular formula is C15H18N2O4. The van der Waals surface area contributed by atoms with Crippen LogP contribution in [-0.4, -0.2) is 35.7 Å². The maximum absolute atomic E-state index is 12.2. The summed E-state index contributed by atoms with van der Waals surface area (Å²) in [5.41, 5.74) is 0.883. The second kappa shape index (κ2) is 5.63. The Balaban J connectivity index is 1.57. The molecule has 1 aliphatic carbocycles. The number of para-hydroxylation sites is 2. The number of fused-ring (bicyclic) bond motifs is 1. The Hall–Kier alpha value is -2.24. The molecule has 6 nitrogen and oxygen atoms in total. The van der Waals surface area contributed by atoms with Gasteiger partial charge in [0, 0.05) is 6.04 Å². The van der Waals surface area contributed by atoms with E-state index in [0.717, 1.165) is 5.69 Å². The van der Waals surface area contributed by atoms with Gasteiger partial charge >= 0.3 is 5.97 Å². The molecule has 0 spiro atoms. The van der Waals surface area contributed by atoms with E-state index in [-0.39, 0.29) is 17.9 Å². The second-order valence-corrected chi connectivity index (χ2v) is 5.54. The zero-order valence-corrected chi connectivity index (χ0v) is 11.5. The fourth-order valence-corrected chi connectivity index (χ4v) is 2.89. The SMILES string of the molecule is O=C(O)C1CCC(NC(=O)C2CNc3ccccc3O2)C1. The summed E-state index contributed by atoms with van der Waals surface area (Å²) in [5.74, 6) is -0.649. The third-order valence-corrected chi connectivity index (χ3v) is 4.05. The lowest BCUT2D eigenvalue weighted by atomic mass is 10.1. The number of carbonyl (C=O) groups is 2.